The van der Waals surface area contributed by atoms with Gasteiger partial charge in [0.15, 0.2) is 5.65 Å². The van der Waals surface area contributed by atoms with Gasteiger partial charge in [0.05, 0.1) is 17.9 Å². The molecule has 156 valence electrons. The molecule has 0 aliphatic carbocycles. The van der Waals surface area contributed by atoms with Crippen molar-refractivity contribution < 1.29 is 10.1 Å². The van der Waals surface area contributed by atoms with Crippen molar-refractivity contribution in [2.24, 2.45) is 11.5 Å². The number of nitrogens with zero attached hydrogens (tertiary/aromatic N) is 3. The van der Waals surface area contributed by atoms with E-state index in [1.165, 1.54) is 0 Å². The van der Waals surface area contributed by atoms with Gasteiger partial charge in [-0.25, -0.2) is 9.97 Å². The van der Waals surface area contributed by atoms with Gasteiger partial charge in [0.1, 0.15) is 5.69 Å². The molecule has 0 saturated heterocycles. The minimum absolute atomic E-state index is 0.155. The third kappa shape index (κ3) is 3.56. The molecule has 0 bridgehead atoms. The average Bonchev–Trinajstić information content (AvgIpc) is 3.32. The molecule has 8 nitrogen and oxygen atoms in total. The Morgan fingerprint density at radius 3 is 2.83 bits per heavy atom. The monoisotopic (exact) mass is 406 g/mol. The van der Waals surface area contributed by atoms with Crippen LogP contribution < -0.4 is 16.5 Å². The molecule has 0 saturated carbocycles. The Balaban J connectivity index is 1.85. The number of fused-ring (bicyclic) bond motifs is 2. The van der Waals surface area contributed by atoms with Crippen LogP contribution in [0.3, 0.4) is 0 Å². The fourth-order valence-corrected chi connectivity index (χ4v) is 3.71. The average molecular weight is 407 g/mol. The summed E-state index contributed by atoms with van der Waals surface area (Å²) in [5, 5.41) is 12.0. The van der Waals surface area contributed by atoms with E-state index in [1.54, 1.807) is 4.40 Å². The predicted octanol–water partition coefficient (Wildman–Crippen LogP) is 1.38. The zero-order valence-corrected chi connectivity index (χ0v) is 17.3. The highest BCUT2D eigenvalue weighted by atomic mass is 16.3. The smallest absolute Gasteiger partial charge is 0.338 e. The highest BCUT2D eigenvalue weighted by Crippen LogP contribution is 2.33. The molecule has 8 heteroatoms. The number of guanidine groups is 1. The summed E-state index contributed by atoms with van der Waals surface area (Å²) in [6, 6.07) is 8.11. The molecule has 30 heavy (non-hydrogen) atoms. The number of rotatable bonds is 7. The van der Waals surface area contributed by atoms with E-state index in [-0.39, 0.29) is 17.8 Å². The maximum atomic E-state index is 10.9. The Morgan fingerprint density at radius 2 is 2.07 bits per heavy atom. The number of aromatic hydroxyl groups is 1. The first kappa shape index (κ1) is 19.8. The van der Waals surface area contributed by atoms with Crippen LogP contribution in [0.5, 0.6) is 5.88 Å². The zero-order valence-electron chi connectivity index (χ0n) is 17.3. The van der Waals surface area contributed by atoms with Crippen LogP contribution in [0.15, 0.2) is 36.7 Å². The Hall–Kier alpha value is -3.55. The predicted molar refractivity (Wildman–Crippen MR) is 118 cm³/mol. The largest absolute Gasteiger partial charge is 0.493 e. The Bertz CT molecular complexity index is 1220. The second kappa shape index (κ2) is 8.06. The SMILES string of the molecule is CCC(C)c1nc2c(CCC[NH+]=C(N)N)nc(-c3c[nH]c4ccccc34)cn2c1O. The van der Waals surface area contributed by atoms with Crippen molar-refractivity contribution in [2.45, 2.75) is 39.0 Å². The Morgan fingerprint density at radius 1 is 1.27 bits per heavy atom. The van der Waals surface area contributed by atoms with Gasteiger partial charge in [0.2, 0.25) is 5.88 Å². The molecule has 0 fully saturated rings. The molecule has 1 aromatic carbocycles. The van der Waals surface area contributed by atoms with Gasteiger partial charge in [0.25, 0.3) is 0 Å². The van der Waals surface area contributed by atoms with E-state index in [9.17, 15) is 5.11 Å². The van der Waals surface area contributed by atoms with Gasteiger partial charge in [-0.2, -0.15) is 0 Å². The lowest BCUT2D eigenvalue weighted by molar-refractivity contribution is -0.459. The molecule has 7 N–H and O–H groups in total. The van der Waals surface area contributed by atoms with Gasteiger partial charge < -0.3 is 10.1 Å². The van der Waals surface area contributed by atoms with Crippen molar-refractivity contribution in [1.29, 1.82) is 0 Å². The minimum Gasteiger partial charge on any atom is -0.493 e. The summed E-state index contributed by atoms with van der Waals surface area (Å²) in [6.45, 7) is 4.79. The molecular formula is C22H28N7O+. The summed E-state index contributed by atoms with van der Waals surface area (Å²) in [7, 11) is 0. The van der Waals surface area contributed by atoms with E-state index in [0.29, 0.717) is 24.3 Å². The summed E-state index contributed by atoms with van der Waals surface area (Å²) >= 11 is 0. The number of aromatic amines is 1. The van der Waals surface area contributed by atoms with Crippen LogP contribution in [0.4, 0.5) is 0 Å². The maximum Gasteiger partial charge on any atom is 0.338 e. The van der Waals surface area contributed by atoms with Crippen LogP contribution in [-0.4, -0.2) is 37.0 Å². The fourth-order valence-electron chi connectivity index (χ4n) is 3.71. The molecule has 4 aromatic rings. The van der Waals surface area contributed by atoms with Crippen molar-refractivity contribution in [3.05, 3.63) is 48.0 Å². The minimum atomic E-state index is 0.155. The number of aromatic nitrogens is 4. The lowest BCUT2D eigenvalue weighted by Gasteiger charge is -2.07. The Kier molecular flexibility index (Phi) is 5.31. The van der Waals surface area contributed by atoms with Crippen molar-refractivity contribution in [1.82, 2.24) is 19.4 Å². The highest BCUT2D eigenvalue weighted by molar-refractivity contribution is 5.94. The number of para-hydroxylation sites is 1. The molecule has 0 radical (unpaired) electrons. The van der Waals surface area contributed by atoms with Crippen molar-refractivity contribution in [3.63, 3.8) is 0 Å². The summed E-state index contributed by atoms with van der Waals surface area (Å²) in [4.78, 5) is 15.9. The molecule has 0 aliphatic heterocycles. The molecule has 3 heterocycles. The van der Waals surface area contributed by atoms with E-state index >= 15 is 0 Å². The quantitative estimate of drug-likeness (QED) is 0.180. The first-order chi connectivity index (χ1) is 14.5. The first-order valence-corrected chi connectivity index (χ1v) is 10.3. The van der Waals surface area contributed by atoms with E-state index in [2.05, 4.69) is 29.9 Å². The van der Waals surface area contributed by atoms with Crippen LogP contribution in [0.2, 0.25) is 0 Å². The van der Waals surface area contributed by atoms with Crippen molar-refractivity contribution in [2.75, 3.05) is 6.54 Å². The number of nitrogens with one attached hydrogen (secondary N) is 2. The van der Waals surface area contributed by atoms with Gasteiger partial charge in [-0.15, -0.1) is 0 Å². The number of nitrogens with two attached hydrogens (primary N) is 2. The van der Waals surface area contributed by atoms with E-state index in [0.717, 1.165) is 40.7 Å². The number of aryl methyl sites for hydroxylation is 1. The van der Waals surface area contributed by atoms with Crippen molar-refractivity contribution in [3.8, 4) is 17.1 Å². The zero-order chi connectivity index (χ0) is 21.3. The molecule has 3 aromatic heterocycles. The lowest BCUT2D eigenvalue weighted by Crippen LogP contribution is -2.78. The van der Waals surface area contributed by atoms with Gasteiger partial charge in [-0.3, -0.25) is 20.9 Å². The van der Waals surface area contributed by atoms with Gasteiger partial charge in [-0.1, -0.05) is 32.0 Å². The van der Waals surface area contributed by atoms with E-state index < -0.39 is 0 Å². The van der Waals surface area contributed by atoms with Crippen molar-refractivity contribution >= 4 is 22.5 Å². The summed E-state index contributed by atoms with van der Waals surface area (Å²) in [5.41, 5.74) is 16.0. The second-order valence-corrected chi connectivity index (χ2v) is 7.63. The topological polar surface area (TPSA) is 132 Å². The van der Waals surface area contributed by atoms with E-state index in [1.807, 2.05) is 30.6 Å². The van der Waals surface area contributed by atoms with Gasteiger partial charge >= 0.3 is 5.96 Å². The maximum absolute atomic E-state index is 10.9. The number of benzene rings is 1. The first-order valence-electron chi connectivity index (χ1n) is 10.3. The third-order valence-corrected chi connectivity index (χ3v) is 5.54. The number of hydrogen-bond donors (Lipinski definition) is 5. The standard InChI is InChI=1S/C22H27N7O/c1-3-13(2)19-21(30)29-12-18(15-11-26-16-8-5-4-7-14(15)16)27-17(20(29)28-19)9-6-10-25-22(23)24/h4-5,7-8,11-13,26,30H,3,6,9-10H2,1-2H3,(H4,23,24,25)/p+1. The fraction of sp³-hybridized carbons (Fsp3) is 0.318. The summed E-state index contributed by atoms with van der Waals surface area (Å²) in [6.07, 6.45) is 6.18. The molecule has 1 atom stereocenters. The summed E-state index contributed by atoms with van der Waals surface area (Å²) < 4.78 is 1.76. The molecule has 4 rings (SSSR count). The van der Waals surface area contributed by atoms with Gasteiger partial charge in [-0.05, 0) is 25.3 Å². The van der Waals surface area contributed by atoms with Crippen LogP contribution in [-0.2, 0) is 6.42 Å². The Labute approximate surface area is 174 Å². The van der Waals surface area contributed by atoms with Crippen LogP contribution in [0.1, 0.15) is 44.0 Å². The normalized spacial score (nSPS) is 12.5. The third-order valence-electron chi connectivity index (χ3n) is 5.54. The molecular weight excluding hydrogens is 378 g/mol. The second-order valence-electron chi connectivity index (χ2n) is 7.63. The van der Waals surface area contributed by atoms with Crippen LogP contribution >= 0.6 is 0 Å². The molecule has 0 spiro atoms. The van der Waals surface area contributed by atoms with E-state index in [4.69, 9.17) is 21.4 Å². The number of H-pyrrole nitrogens is 1. The number of hydrogen-bond acceptors (Lipinski definition) is 3. The number of imidazole rings is 1. The van der Waals surface area contributed by atoms with Crippen LogP contribution in [0.25, 0.3) is 27.8 Å². The summed E-state index contributed by atoms with van der Waals surface area (Å²) in [5.74, 6) is 0.544. The lowest BCUT2D eigenvalue weighted by atomic mass is 10.1. The highest BCUT2D eigenvalue weighted by Gasteiger charge is 2.21. The van der Waals surface area contributed by atoms with Gasteiger partial charge in [0, 0.05) is 34.8 Å². The molecule has 0 aliphatic rings. The molecule has 0 amide bonds. The van der Waals surface area contributed by atoms with Crippen LogP contribution in [0, 0.1) is 0 Å². The molecule has 1 unspecified atom stereocenters.